The first-order chi connectivity index (χ1) is 17.2. The average Bonchev–Trinajstić information content (AvgIpc) is 2.85. The van der Waals surface area contributed by atoms with E-state index in [0.29, 0.717) is 39.8 Å². The molecule has 2 aromatic heterocycles. The zero-order chi connectivity index (χ0) is 26.0. The first-order valence-electron chi connectivity index (χ1n) is 11.0. The number of nitrogens with one attached hydrogen (secondary N) is 1. The van der Waals surface area contributed by atoms with Crippen molar-refractivity contribution in [1.82, 2.24) is 19.0 Å². The van der Waals surface area contributed by atoms with Gasteiger partial charge in [-0.25, -0.2) is 13.4 Å². The number of rotatable bonds is 8. The summed E-state index contributed by atoms with van der Waals surface area (Å²) in [5, 5.41) is 4.15. The zero-order valence-corrected chi connectivity index (χ0v) is 22.0. The lowest BCUT2D eigenvalue weighted by atomic mass is 10.1. The summed E-state index contributed by atoms with van der Waals surface area (Å²) in [7, 11) is -2.30. The van der Waals surface area contributed by atoms with Gasteiger partial charge in [0.05, 0.1) is 20.5 Å². The molecule has 2 heterocycles. The number of nitrogens with zero attached hydrogens (tertiary/aromatic N) is 4. The van der Waals surface area contributed by atoms with Crippen molar-refractivity contribution in [3.05, 3.63) is 75.1 Å². The molecule has 0 aliphatic carbocycles. The fourth-order valence-electron chi connectivity index (χ4n) is 3.81. The number of halogens is 2. The van der Waals surface area contributed by atoms with E-state index >= 15 is 0 Å². The second kappa shape index (κ2) is 10.4. The maximum absolute atomic E-state index is 13.2. The maximum atomic E-state index is 13.2. The summed E-state index contributed by atoms with van der Waals surface area (Å²) in [5.74, 6) is 0.147. The molecule has 0 aliphatic rings. The molecule has 0 fully saturated rings. The van der Waals surface area contributed by atoms with Crippen molar-refractivity contribution in [2.24, 2.45) is 0 Å². The molecule has 0 saturated carbocycles. The van der Waals surface area contributed by atoms with Gasteiger partial charge in [-0.05, 0) is 36.4 Å². The average molecular weight is 548 g/mol. The third kappa shape index (κ3) is 4.77. The van der Waals surface area contributed by atoms with Gasteiger partial charge in [0.25, 0.3) is 5.56 Å². The van der Waals surface area contributed by atoms with E-state index in [1.807, 2.05) is 0 Å². The molecule has 0 unspecified atom stereocenters. The molecule has 0 saturated heterocycles. The Balaban J connectivity index is 1.76. The topological polar surface area (TPSA) is 106 Å². The molecular formula is C24H23Cl2N5O4S. The number of benzene rings is 2. The number of aromatic nitrogens is 3. The van der Waals surface area contributed by atoms with Crippen LogP contribution in [0.15, 0.2) is 64.4 Å². The summed E-state index contributed by atoms with van der Waals surface area (Å²) in [5.41, 5.74) is 0.787. The number of fused-ring (bicyclic) bond motifs is 1. The lowest BCUT2D eigenvalue weighted by Crippen LogP contribution is -2.30. The highest BCUT2D eigenvalue weighted by Crippen LogP contribution is 2.34. The summed E-state index contributed by atoms with van der Waals surface area (Å²) in [6.07, 6.45) is 1.52. The Labute approximate surface area is 218 Å². The van der Waals surface area contributed by atoms with Crippen LogP contribution in [0.1, 0.15) is 13.8 Å². The van der Waals surface area contributed by atoms with Gasteiger partial charge in [-0.1, -0.05) is 49.2 Å². The van der Waals surface area contributed by atoms with Crippen LogP contribution in [0.25, 0.3) is 22.2 Å². The smallest absolute Gasteiger partial charge is 0.293 e. The van der Waals surface area contributed by atoms with E-state index in [4.69, 9.17) is 28.0 Å². The molecule has 0 amide bonds. The van der Waals surface area contributed by atoms with Crippen LogP contribution in [-0.2, 0) is 10.0 Å². The fourth-order valence-corrected chi connectivity index (χ4v) is 5.91. The van der Waals surface area contributed by atoms with Crippen LogP contribution < -0.4 is 15.7 Å². The minimum absolute atomic E-state index is 0.145. The van der Waals surface area contributed by atoms with Crippen molar-refractivity contribution in [3.63, 3.8) is 0 Å². The summed E-state index contributed by atoms with van der Waals surface area (Å²) < 4.78 is 28.2. The normalized spacial score (nSPS) is 11.7. The van der Waals surface area contributed by atoms with Gasteiger partial charge in [-0.15, -0.1) is 4.73 Å². The Morgan fingerprint density at radius 3 is 2.36 bits per heavy atom. The molecule has 2 aromatic carbocycles. The Morgan fingerprint density at radius 2 is 1.72 bits per heavy atom. The lowest BCUT2D eigenvalue weighted by molar-refractivity contribution is 0.168. The third-order valence-corrected chi connectivity index (χ3v) is 8.23. The fraction of sp³-hybridized carbons (Fsp3) is 0.208. The molecule has 4 aromatic rings. The summed E-state index contributed by atoms with van der Waals surface area (Å²) >= 11 is 12.6. The summed E-state index contributed by atoms with van der Waals surface area (Å²) in [4.78, 5) is 27.5. The Morgan fingerprint density at radius 1 is 1.06 bits per heavy atom. The van der Waals surface area contributed by atoms with Gasteiger partial charge in [-0.2, -0.15) is 9.29 Å². The molecule has 9 nitrogen and oxygen atoms in total. The first-order valence-corrected chi connectivity index (χ1v) is 13.2. The van der Waals surface area contributed by atoms with E-state index in [-0.39, 0.29) is 22.1 Å². The van der Waals surface area contributed by atoms with Crippen LogP contribution in [0, 0.1) is 0 Å². The van der Waals surface area contributed by atoms with Gasteiger partial charge in [0.2, 0.25) is 16.0 Å². The number of hydrogen-bond acceptors (Lipinski definition) is 7. The van der Waals surface area contributed by atoms with Gasteiger partial charge in [-0.3, -0.25) is 4.79 Å². The molecule has 0 aliphatic heterocycles. The highest BCUT2D eigenvalue weighted by Gasteiger charge is 2.22. The molecule has 188 valence electrons. The predicted molar refractivity (Wildman–Crippen MR) is 142 cm³/mol. The number of sulfonamides is 1. The third-order valence-electron chi connectivity index (χ3n) is 5.55. The molecule has 12 heteroatoms. The minimum atomic E-state index is -3.64. The molecule has 36 heavy (non-hydrogen) atoms. The van der Waals surface area contributed by atoms with Crippen LogP contribution >= 0.6 is 23.2 Å². The van der Waals surface area contributed by atoms with E-state index in [0.717, 1.165) is 4.73 Å². The van der Waals surface area contributed by atoms with Crippen molar-refractivity contribution in [3.8, 4) is 11.1 Å². The van der Waals surface area contributed by atoms with Gasteiger partial charge in [0.1, 0.15) is 7.11 Å². The largest absolute Gasteiger partial charge is 0.412 e. The Kier molecular flexibility index (Phi) is 7.51. The van der Waals surface area contributed by atoms with Crippen LogP contribution in [0.2, 0.25) is 10.0 Å². The second-order valence-electron chi connectivity index (χ2n) is 7.65. The van der Waals surface area contributed by atoms with E-state index in [2.05, 4.69) is 15.3 Å². The van der Waals surface area contributed by atoms with E-state index in [1.54, 1.807) is 50.2 Å². The van der Waals surface area contributed by atoms with Gasteiger partial charge in [0.15, 0.2) is 5.65 Å². The molecule has 4 rings (SSSR count). The highest BCUT2D eigenvalue weighted by molar-refractivity contribution is 7.89. The van der Waals surface area contributed by atoms with Crippen molar-refractivity contribution in [2.45, 2.75) is 18.7 Å². The van der Waals surface area contributed by atoms with Gasteiger partial charge >= 0.3 is 0 Å². The van der Waals surface area contributed by atoms with Crippen molar-refractivity contribution >= 4 is 55.9 Å². The van der Waals surface area contributed by atoms with Crippen molar-refractivity contribution in [1.29, 1.82) is 0 Å². The SMILES string of the molecule is CCN(CC)S(=O)(=O)c1cccc(Nc2ncc3cc(-c4c(Cl)cccc4Cl)c(=O)n(OC)c3n2)c1. The van der Waals surface area contributed by atoms with E-state index < -0.39 is 15.6 Å². The summed E-state index contributed by atoms with van der Waals surface area (Å²) in [6, 6.07) is 12.9. The maximum Gasteiger partial charge on any atom is 0.293 e. The molecule has 0 bridgehead atoms. The van der Waals surface area contributed by atoms with Crippen molar-refractivity contribution < 1.29 is 13.3 Å². The number of hydrogen-bond donors (Lipinski definition) is 1. The van der Waals surface area contributed by atoms with E-state index in [9.17, 15) is 13.2 Å². The predicted octanol–water partition coefficient (Wildman–Crippen LogP) is 4.60. The lowest BCUT2D eigenvalue weighted by Gasteiger charge is -2.19. The Bertz CT molecular complexity index is 1580. The molecule has 0 spiro atoms. The monoisotopic (exact) mass is 547 g/mol. The highest BCUT2D eigenvalue weighted by atomic mass is 35.5. The van der Waals surface area contributed by atoms with E-state index in [1.165, 1.54) is 29.7 Å². The van der Waals surface area contributed by atoms with Gasteiger partial charge in [0, 0.05) is 35.9 Å². The second-order valence-corrected chi connectivity index (χ2v) is 10.4. The van der Waals surface area contributed by atoms with Gasteiger partial charge < -0.3 is 10.2 Å². The minimum Gasteiger partial charge on any atom is -0.412 e. The van der Waals surface area contributed by atoms with Crippen LogP contribution in [0.4, 0.5) is 11.6 Å². The molecule has 0 radical (unpaired) electrons. The van der Waals surface area contributed by atoms with Crippen LogP contribution in [-0.4, -0.2) is 47.6 Å². The number of anilines is 2. The molecule has 0 atom stereocenters. The Hall–Kier alpha value is -3.18. The standard InChI is InChI=1S/C24H23Cl2N5O4S/c1-4-30(5-2)36(33,34)17-9-6-8-16(13-17)28-24-27-14-15-12-18(21-19(25)10-7-11-20(21)26)23(32)31(35-3)22(15)29-24/h6-14H,4-5H2,1-3H3,(H,27,28,29). The van der Waals surface area contributed by atoms with Crippen LogP contribution in [0.3, 0.4) is 0 Å². The van der Waals surface area contributed by atoms with Crippen LogP contribution in [0.5, 0.6) is 0 Å². The first kappa shape index (κ1) is 25.9. The molecular weight excluding hydrogens is 525 g/mol. The number of pyridine rings is 1. The summed E-state index contributed by atoms with van der Waals surface area (Å²) in [6.45, 7) is 4.29. The molecule has 1 N–H and O–H groups in total. The zero-order valence-electron chi connectivity index (χ0n) is 19.7. The van der Waals surface area contributed by atoms with Crippen molar-refractivity contribution in [2.75, 3.05) is 25.5 Å². The quantitative estimate of drug-likeness (QED) is 0.343.